The molecule has 0 aromatic heterocycles. The van der Waals surface area contributed by atoms with Crippen LogP contribution >= 0.6 is 0 Å². The van der Waals surface area contributed by atoms with Gasteiger partial charge in [-0.3, -0.25) is 9.29 Å². The molecule has 39 heavy (non-hydrogen) atoms. The summed E-state index contributed by atoms with van der Waals surface area (Å²) < 4.78 is 25.2. The molecule has 1 N–H and O–H groups in total. The minimum Gasteiger partial charge on any atom is -0.508 e. The Labute approximate surface area is 231 Å². The molecule has 2 heterocycles. The SMILES string of the molecule is CC1(C)Cc2cc(C3=C(C4=CC=C(O[C@H]5CCN(CCCF)C5)CC4)c4ccc(O)cc4CCC3)ccc2O1. The Bertz CT molecular complexity index is 1340. The van der Waals surface area contributed by atoms with Gasteiger partial charge in [0.25, 0.3) is 0 Å². The van der Waals surface area contributed by atoms with E-state index in [9.17, 15) is 9.50 Å². The van der Waals surface area contributed by atoms with E-state index in [0.717, 1.165) is 76.1 Å². The van der Waals surface area contributed by atoms with Gasteiger partial charge in [-0.25, -0.2) is 0 Å². The number of aromatic hydroxyl groups is 1. The largest absolute Gasteiger partial charge is 0.508 e. The highest BCUT2D eigenvalue weighted by atomic mass is 19.1. The number of benzene rings is 2. The molecule has 0 radical (unpaired) electrons. The number of ether oxygens (including phenoxy) is 2. The summed E-state index contributed by atoms with van der Waals surface area (Å²) in [4.78, 5) is 2.31. The highest BCUT2D eigenvalue weighted by Gasteiger charge is 2.31. The Kier molecular flexibility index (Phi) is 7.28. The molecular formula is C34H40FNO3. The molecule has 5 heteroatoms. The molecule has 1 atom stereocenters. The van der Waals surface area contributed by atoms with Crippen molar-refractivity contribution in [3.63, 3.8) is 0 Å². The molecule has 1 fully saturated rings. The number of rotatable bonds is 7. The quantitative estimate of drug-likeness (QED) is 0.406. The van der Waals surface area contributed by atoms with E-state index in [0.29, 0.717) is 12.2 Å². The molecule has 4 aliphatic rings. The molecule has 0 amide bonds. The normalized spacial score (nSPS) is 22.5. The maximum absolute atomic E-state index is 12.6. The number of alkyl halides is 1. The van der Waals surface area contributed by atoms with Crippen molar-refractivity contribution in [2.24, 2.45) is 0 Å². The van der Waals surface area contributed by atoms with Crippen LogP contribution in [0.1, 0.15) is 74.6 Å². The van der Waals surface area contributed by atoms with Gasteiger partial charge in [-0.1, -0.05) is 18.2 Å². The molecular weight excluding hydrogens is 489 g/mol. The molecule has 0 bridgehead atoms. The predicted molar refractivity (Wildman–Crippen MR) is 155 cm³/mol. The van der Waals surface area contributed by atoms with Crippen LogP contribution in [0.4, 0.5) is 4.39 Å². The number of nitrogens with zero attached hydrogens (tertiary/aromatic N) is 1. The van der Waals surface area contributed by atoms with E-state index in [2.05, 4.69) is 55.2 Å². The molecule has 2 aromatic rings. The second-order valence-corrected chi connectivity index (χ2v) is 12.1. The number of allylic oxidation sites excluding steroid dienone is 6. The average molecular weight is 530 g/mol. The van der Waals surface area contributed by atoms with Gasteiger partial charge in [0.05, 0.1) is 12.4 Å². The lowest BCUT2D eigenvalue weighted by molar-refractivity contribution is 0.113. The third kappa shape index (κ3) is 5.65. The topological polar surface area (TPSA) is 41.9 Å². The standard InChI is InChI=1S/C34H40FNO3/c1-34(2)21-26-19-25(9-14-32(26)39-34)30-6-3-5-24-20-27(37)10-13-31(24)33(30)23-7-11-28(12-8-23)38-29-15-18-36(22-29)17-4-16-35/h7,9-11,13-14,19-20,29,37H,3-6,8,12,15-18,21-22H2,1-2H3/t29-/m0/s1. The Balaban J connectivity index is 1.33. The zero-order valence-corrected chi connectivity index (χ0v) is 23.3. The van der Waals surface area contributed by atoms with Gasteiger partial charge in [0.2, 0.25) is 0 Å². The number of fused-ring (bicyclic) bond motifs is 2. The summed E-state index contributed by atoms with van der Waals surface area (Å²) in [5, 5.41) is 10.3. The first-order valence-electron chi connectivity index (χ1n) is 14.6. The zero-order chi connectivity index (χ0) is 27.0. The molecule has 6 rings (SSSR count). The minimum absolute atomic E-state index is 0.164. The lowest BCUT2D eigenvalue weighted by atomic mass is 9.84. The number of aryl methyl sites for hydroxylation is 1. The molecule has 4 nitrogen and oxygen atoms in total. The Hall–Kier alpha value is -3.05. The van der Waals surface area contributed by atoms with Crippen molar-refractivity contribution in [2.45, 2.75) is 76.9 Å². The van der Waals surface area contributed by atoms with Crippen LogP contribution < -0.4 is 4.74 Å². The van der Waals surface area contributed by atoms with Crippen molar-refractivity contribution < 1.29 is 19.0 Å². The minimum atomic E-state index is -0.251. The van der Waals surface area contributed by atoms with Crippen LogP contribution in [0, 0.1) is 0 Å². The van der Waals surface area contributed by atoms with Gasteiger partial charge < -0.3 is 14.6 Å². The first kappa shape index (κ1) is 26.2. The van der Waals surface area contributed by atoms with E-state index >= 15 is 0 Å². The molecule has 0 saturated carbocycles. The second-order valence-electron chi connectivity index (χ2n) is 12.1. The number of phenolic OH excluding ortho intramolecular Hbond substituents is 1. The van der Waals surface area contributed by atoms with Crippen molar-refractivity contribution in [3.8, 4) is 11.5 Å². The molecule has 0 unspecified atom stereocenters. The maximum Gasteiger partial charge on any atom is 0.123 e. The van der Waals surface area contributed by atoms with Crippen LogP contribution in [-0.4, -0.2) is 48.0 Å². The smallest absolute Gasteiger partial charge is 0.123 e. The van der Waals surface area contributed by atoms with Gasteiger partial charge in [-0.05, 0) is 122 Å². The second kappa shape index (κ2) is 10.8. The fourth-order valence-corrected chi connectivity index (χ4v) is 6.75. The summed E-state index contributed by atoms with van der Waals surface area (Å²) in [6, 6.07) is 12.6. The molecule has 2 aliphatic heterocycles. The van der Waals surface area contributed by atoms with Crippen LogP contribution in [0.3, 0.4) is 0 Å². The van der Waals surface area contributed by atoms with E-state index in [1.165, 1.54) is 39.0 Å². The zero-order valence-electron chi connectivity index (χ0n) is 23.3. The lowest BCUT2D eigenvalue weighted by Gasteiger charge is -2.24. The van der Waals surface area contributed by atoms with Crippen molar-refractivity contribution in [3.05, 3.63) is 82.1 Å². The third-order valence-corrected chi connectivity index (χ3v) is 8.53. The summed E-state index contributed by atoms with van der Waals surface area (Å²) in [6.45, 7) is 6.74. The van der Waals surface area contributed by atoms with E-state index in [-0.39, 0.29) is 18.4 Å². The van der Waals surface area contributed by atoms with Crippen molar-refractivity contribution >= 4 is 11.1 Å². The van der Waals surface area contributed by atoms with E-state index in [1.54, 1.807) is 0 Å². The fraction of sp³-hybridized carbons (Fsp3) is 0.471. The summed E-state index contributed by atoms with van der Waals surface area (Å²) in [6.07, 6.45) is 11.9. The summed E-state index contributed by atoms with van der Waals surface area (Å²) in [5.74, 6) is 2.38. The van der Waals surface area contributed by atoms with E-state index < -0.39 is 0 Å². The van der Waals surface area contributed by atoms with Gasteiger partial charge in [-0.2, -0.15) is 0 Å². The predicted octanol–water partition coefficient (Wildman–Crippen LogP) is 7.41. The average Bonchev–Trinajstić information content (AvgIpc) is 3.43. The molecule has 206 valence electrons. The Morgan fingerprint density at radius 2 is 1.95 bits per heavy atom. The van der Waals surface area contributed by atoms with Gasteiger partial charge in [0.1, 0.15) is 23.2 Å². The van der Waals surface area contributed by atoms with Gasteiger partial charge in [0, 0.05) is 32.5 Å². The number of likely N-dealkylation sites (tertiary alicyclic amines) is 1. The number of hydrogen-bond acceptors (Lipinski definition) is 4. The highest BCUT2D eigenvalue weighted by Crippen LogP contribution is 2.45. The number of halogens is 1. The van der Waals surface area contributed by atoms with Crippen molar-refractivity contribution in [1.82, 2.24) is 4.90 Å². The summed E-state index contributed by atoms with van der Waals surface area (Å²) in [5.41, 5.74) is 8.88. The van der Waals surface area contributed by atoms with Gasteiger partial charge in [-0.15, -0.1) is 0 Å². The number of hydrogen-bond donors (Lipinski definition) is 1. The molecule has 0 spiro atoms. The third-order valence-electron chi connectivity index (χ3n) is 8.53. The van der Waals surface area contributed by atoms with Gasteiger partial charge in [0.15, 0.2) is 0 Å². The van der Waals surface area contributed by atoms with Crippen molar-refractivity contribution in [2.75, 3.05) is 26.3 Å². The maximum atomic E-state index is 12.6. The van der Waals surface area contributed by atoms with Crippen LogP contribution in [0.15, 0.2) is 59.9 Å². The van der Waals surface area contributed by atoms with Gasteiger partial charge >= 0.3 is 0 Å². The van der Waals surface area contributed by atoms with E-state index in [4.69, 9.17) is 9.47 Å². The molecule has 2 aliphatic carbocycles. The Morgan fingerprint density at radius 1 is 1.05 bits per heavy atom. The molecule has 1 saturated heterocycles. The Morgan fingerprint density at radius 3 is 2.77 bits per heavy atom. The van der Waals surface area contributed by atoms with Crippen molar-refractivity contribution in [1.29, 1.82) is 0 Å². The first-order chi connectivity index (χ1) is 18.9. The van der Waals surface area contributed by atoms with Crippen LogP contribution in [0.2, 0.25) is 0 Å². The highest BCUT2D eigenvalue weighted by molar-refractivity contribution is 6.00. The fourth-order valence-electron chi connectivity index (χ4n) is 6.75. The summed E-state index contributed by atoms with van der Waals surface area (Å²) >= 11 is 0. The number of phenols is 1. The molecule has 2 aromatic carbocycles. The van der Waals surface area contributed by atoms with Crippen LogP contribution in [0.25, 0.3) is 11.1 Å². The lowest BCUT2D eigenvalue weighted by Crippen LogP contribution is -2.24. The monoisotopic (exact) mass is 529 g/mol. The van der Waals surface area contributed by atoms with E-state index in [1.807, 2.05) is 12.1 Å². The van der Waals surface area contributed by atoms with Crippen LogP contribution in [-0.2, 0) is 17.6 Å². The first-order valence-corrected chi connectivity index (χ1v) is 14.6. The van der Waals surface area contributed by atoms with Crippen LogP contribution in [0.5, 0.6) is 11.5 Å². The summed E-state index contributed by atoms with van der Waals surface area (Å²) in [7, 11) is 0.